The normalized spacial score (nSPS) is 10.2. The molecule has 0 bridgehead atoms. The van der Waals surface area contributed by atoms with Crippen molar-refractivity contribution in [3.05, 3.63) is 35.1 Å². The van der Waals surface area contributed by atoms with Crippen LogP contribution in [0.15, 0.2) is 18.2 Å². The third-order valence-electron chi connectivity index (χ3n) is 2.07. The van der Waals surface area contributed by atoms with Gasteiger partial charge < -0.3 is 5.32 Å². The molecule has 14 heavy (non-hydrogen) atoms. The standard InChI is InChI=1S/C11H14FNO/c1-8-5-10(12)4-3-9(8)6-11(14)7-13-2/h3-5,13H,6-7H2,1-2H3. The SMILES string of the molecule is CNCC(=O)Cc1ccc(F)cc1C. The highest BCUT2D eigenvalue weighted by molar-refractivity contribution is 5.83. The molecule has 1 N–H and O–H groups in total. The molecule has 0 heterocycles. The summed E-state index contributed by atoms with van der Waals surface area (Å²) in [5, 5.41) is 2.79. The van der Waals surface area contributed by atoms with Crippen molar-refractivity contribution in [1.82, 2.24) is 5.32 Å². The molecule has 0 atom stereocenters. The molecule has 0 aliphatic rings. The van der Waals surface area contributed by atoms with Crippen molar-refractivity contribution >= 4 is 5.78 Å². The molecule has 2 nitrogen and oxygen atoms in total. The van der Waals surface area contributed by atoms with Gasteiger partial charge in [-0.15, -0.1) is 0 Å². The Kier molecular flexibility index (Phi) is 3.77. The lowest BCUT2D eigenvalue weighted by atomic mass is 10.0. The van der Waals surface area contributed by atoms with Crippen molar-refractivity contribution in [2.24, 2.45) is 0 Å². The second-order valence-electron chi connectivity index (χ2n) is 3.32. The minimum atomic E-state index is -0.257. The summed E-state index contributed by atoms with van der Waals surface area (Å²) in [6, 6.07) is 4.50. The van der Waals surface area contributed by atoms with Crippen molar-refractivity contribution in [1.29, 1.82) is 0 Å². The van der Waals surface area contributed by atoms with E-state index < -0.39 is 0 Å². The van der Waals surface area contributed by atoms with E-state index in [0.29, 0.717) is 13.0 Å². The number of hydrogen-bond acceptors (Lipinski definition) is 2. The molecule has 0 saturated carbocycles. The average Bonchev–Trinajstić information content (AvgIpc) is 2.10. The monoisotopic (exact) mass is 195 g/mol. The van der Waals surface area contributed by atoms with E-state index in [-0.39, 0.29) is 11.6 Å². The van der Waals surface area contributed by atoms with Crippen molar-refractivity contribution in [3.8, 4) is 0 Å². The lowest BCUT2D eigenvalue weighted by Gasteiger charge is -2.04. The van der Waals surface area contributed by atoms with Gasteiger partial charge in [-0.3, -0.25) is 4.79 Å². The van der Waals surface area contributed by atoms with Crippen LogP contribution in [0, 0.1) is 12.7 Å². The molecule has 3 heteroatoms. The molecule has 0 spiro atoms. The highest BCUT2D eigenvalue weighted by Crippen LogP contribution is 2.10. The van der Waals surface area contributed by atoms with Gasteiger partial charge in [0, 0.05) is 6.42 Å². The van der Waals surface area contributed by atoms with Crippen molar-refractivity contribution in [2.75, 3.05) is 13.6 Å². The number of likely N-dealkylation sites (N-methyl/N-ethyl adjacent to an activating group) is 1. The number of ketones is 1. The Bertz CT molecular complexity index is 336. The number of carbonyl (C=O) groups is 1. The summed E-state index contributed by atoms with van der Waals surface area (Å²) in [5.74, 6) is -0.144. The Morgan fingerprint density at radius 1 is 1.50 bits per heavy atom. The second kappa shape index (κ2) is 4.86. The smallest absolute Gasteiger partial charge is 0.150 e. The summed E-state index contributed by atoms with van der Waals surface area (Å²) < 4.78 is 12.7. The molecule has 0 amide bonds. The van der Waals surface area contributed by atoms with E-state index in [0.717, 1.165) is 11.1 Å². The number of halogens is 1. The summed E-state index contributed by atoms with van der Waals surface area (Å²) in [6.45, 7) is 2.17. The fourth-order valence-electron chi connectivity index (χ4n) is 1.33. The van der Waals surface area contributed by atoms with Crippen LogP contribution in [0.1, 0.15) is 11.1 Å². The van der Waals surface area contributed by atoms with Crippen molar-refractivity contribution in [3.63, 3.8) is 0 Å². The lowest BCUT2D eigenvalue weighted by molar-refractivity contribution is -0.117. The first-order valence-electron chi connectivity index (χ1n) is 4.55. The van der Waals surface area contributed by atoms with E-state index in [2.05, 4.69) is 5.32 Å². The first-order chi connectivity index (χ1) is 6.63. The fourth-order valence-corrected chi connectivity index (χ4v) is 1.33. The van der Waals surface area contributed by atoms with Gasteiger partial charge in [0.25, 0.3) is 0 Å². The number of hydrogen-bond donors (Lipinski definition) is 1. The van der Waals surface area contributed by atoms with E-state index in [4.69, 9.17) is 0 Å². The van der Waals surface area contributed by atoms with Crippen LogP contribution in [0.25, 0.3) is 0 Å². The maximum absolute atomic E-state index is 12.7. The average molecular weight is 195 g/mol. The quantitative estimate of drug-likeness (QED) is 0.788. The number of carbonyl (C=O) groups excluding carboxylic acids is 1. The molecule has 1 rings (SSSR count). The zero-order chi connectivity index (χ0) is 10.6. The summed E-state index contributed by atoms with van der Waals surface area (Å²) in [4.78, 5) is 11.3. The van der Waals surface area contributed by atoms with Crippen LogP contribution in [-0.4, -0.2) is 19.4 Å². The minimum absolute atomic E-state index is 0.113. The number of nitrogens with one attached hydrogen (secondary N) is 1. The molecular formula is C11H14FNO. The summed E-state index contributed by atoms with van der Waals surface area (Å²) in [5.41, 5.74) is 1.72. The van der Waals surface area contributed by atoms with E-state index in [1.807, 2.05) is 6.92 Å². The predicted octanol–water partition coefficient (Wildman–Crippen LogP) is 1.47. The van der Waals surface area contributed by atoms with Gasteiger partial charge in [-0.25, -0.2) is 4.39 Å². The Morgan fingerprint density at radius 3 is 2.79 bits per heavy atom. The first kappa shape index (κ1) is 10.9. The molecule has 0 aromatic heterocycles. The van der Waals surface area contributed by atoms with Gasteiger partial charge in [0.1, 0.15) is 5.82 Å². The molecule has 0 radical (unpaired) electrons. The van der Waals surface area contributed by atoms with Gasteiger partial charge in [0.15, 0.2) is 5.78 Å². The molecular weight excluding hydrogens is 181 g/mol. The van der Waals surface area contributed by atoms with Gasteiger partial charge >= 0.3 is 0 Å². The maximum atomic E-state index is 12.7. The largest absolute Gasteiger partial charge is 0.313 e. The van der Waals surface area contributed by atoms with Gasteiger partial charge in [-0.2, -0.15) is 0 Å². The molecule has 76 valence electrons. The number of benzene rings is 1. The molecule has 0 aliphatic heterocycles. The van der Waals surface area contributed by atoms with Crippen LogP contribution in [-0.2, 0) is 11.2 Å². The second-order valence-corrected chi connectivity index (χ2v) is 3.32. The zero-order valence-corrected chi connectivity index (χ0v) is 8.43. The van der Waals surface area contributed by atoms with Gasteiger partial charge in [0.2, 0.25) is 0 Å². The van der Waals surface area contributed by atoms with Crippen molar-refractivity contribution < 1.29 is 9.18 Å². The van der Waals surface area contributed by atoms with Crippen molar-refractivity contribution in [2.45, 2.75) is 13.3 Å². The van der Waals surface area contributed by atoms with Crippen LogP contribution in [0.3, 0.4) is 0 Å². The third kappa shape index (κ3) is 2.92. The highest BCUT2D eigenvalue weighted by Gasteiger charge is 2.05. The van der Waals surface area contributed by atoms with Gasteiger partial charge in [-0.1, -0.05) is 6.07 Å². The van der Waals surface area contributed by atoms with E-state index in [1.54, 1.807) is 13.1 Å². The topological polar surface area (TPSA) is 29.1 Å². The van der Waals surface area contributed by atoms with E-state index in [9.17, 15) is 9.18 Å². The maximum Gasteiger partial charge on any atom is 0.150 e. The Morgan fingerprint density at radius 2 is 2.21 bits per heavy atom. The Labute approximate surface area is 83.1 Å². The molecule has 1 aromatic rings. The van der Waals surface area contributed by atoms with Crippen LogP contribution in [0.5, 0.6) is 0 Å². The van der Waals surface area contributed by atoms with Crippen LogP contribution in [0.2, 0.25) is 0 Å². The number of rotatable bonds is 4. The van der Waals surface area contributed by atoms with E-state index in [1.165, 1.54) is 12.1 Å². The molecule has 0 fully saturated rings. The summed E-state index contributed by atoms with van der Waals surface area (Å²) >= 11 is 0. The Balaban J connectivity index is 2.72. The molecule has 0 saturated heterocycles. The fraction of sp³-hybridized carbons (Fsp3) is 0.364. The highest BCUT2D eigenvalue weighted by atomic mass is 19.1. The predicted molar refractivity (Wildman–Crippen MR) is 53.8 cm³/mol. The molecule has 1 aromatic carbocycles. The van der Waals surface area contributed by atoms with Crippen LogP contribution >= 0.6 is 0 Å². The van der Waals surface area contributed by atoms with Crippen LogP contribution < -0.4 is 5.32 Å². The lowest BCUT2D eigenvalue weighted by Crippen LogP contribution is -2.20. The number of aryl methyl sites for hydroxylation is 1. The van der Waals surface area contributed by atoms with E-state index >= 15 is 0 Å². The first-order valence-corrected chi connectivity index (χ1v) is 4.55. The summed E-state index contributed by atoms with van der Waals surface area (Å²) in [6.07, 6.45) is 0.368. The Hall–Kier alpha value is -1.22. The minimum Gasteiger partial charge on any atom is -0.313 e. The summed E-state index contributed by atoms with van der Waals surface area (Å²) in [7, 11) is 1.73. The van der Waals surface area contributed by atoms with Gasteiger partial charge in [-0.05, 0) is 37.2 Å². The van der Waals surface area contributed by atoms with Gasteiger partial charge in [0.05, 0.1) is 6.54 Å². The molecule has 0 unspecified atom stereocenters. The third-order valence-corrected chi connectivity index (χ3v) is 2.07. The molecule has 0 aliphatic carbocycles. The van der Waals surface area contributed by atoms with Crippen LogP contribution in [0.4, 0.5) is 4.39 Å². The zero-order valence-electron chi connectivity index (χ0n) is 8.43. The number of Topliss-reactive ketones (excluding diaryl/α,β-unsaturated/α-hetero) is 1.